The molecule has 2 fully saturated rings. The summed E-state index contributed by atoms with van der Waals surface area (Å²) < 4.78 is 0. The van der Waals surface area contributed by atoms with E-state index in [0.29, 0.717) is 5.91 Å². The topological polar surface area (TPSA) is 36.4 Å². The Morgan fingerprint density at radius 2 is 2.00 bits per heavy atom. The minimum absolute atomic E-state index is 0.186. The molecule has 96 valence electrons. The van der Waals surface area contributed by atoms with Crippen LogP contribution in [-0.2, 0) is 4.79 Å². The van der Waals surface area contributed by atoms with Crippen molar-refractivity contribution < 1.29 is 4.79 Å². The van der Waals surface area contributed by atoms with Crippen LogP contribution in [0, 0.1) is 12.8 Å². The van der Waals surface area contributed by atoms with E-state index in [1.807, 2.05) is 30.0 Å². The molecule has 18 heavy (non-hydrogen) atoms. The second-order valence-electron chi connectivity index (χ2n) is 5.27. The molecule has 0 aliphatic carbocycles. The maximum Gasteiger partial charge on any atom is 0.229 e. The number of rotatable bonds is 2. The van der Waals surface area contributed by atoms with Gasteiger partial charge in [0.15, 0.2) is 0 Å². The average Bonchev–Trinajstić information content (AvgIpc) is 2.80. The van der Waals surface area contributed by atoms with Crippen LogP contribution in [0.5, 0.6) is 0 Å². The number of amides is 1. The number of aromatic nitrogens is 1. The van der Waals surface area contributed by atoms with Crippen LogP contribution >= 0.6 is 0 Å². The third-order valence-electron chi connectivity index (χ3n) is 3.85. The van der Waals surface area contributed by atoms with Crippen molar-refractivity contribution in [3.63, 3.8) is 0 Å². The van der Waals surface area contributed by atoms with E-state index in [1.54, 1.807) is 0 Å². The summed E-state index contributed by atoms with van der Waals surface area (Å²) in [4.78, 5) is 20.8. The molecule has 2 saturated heterocycles. The van der Waals surface area contributed by atoms with Gasteiger partial charge in [-0.15, -0.1) is 0 Å². The van der Waals surface area contributed by atoms with Gasteiger partial charge in [0.2, 0.25) is 5.91 Å². The summed E-state index contributed by atoms with van der Waals surface area (Å²) in [6.45, 7) is 5.56. The van der Waals surface area contributed by atoms with Crippen LogP contribution in [0.25, 0.3) is 0 Å². The maximum atomic E-state index is 12.2. The number of hydrogen-bond acceptors (Lipinski definition) is 3. The Morgan fingerprint density at radius 1 is 1.28 bits per heavy atom. The number of anilines is 1. The van der Waals surface area contributed by atoms with Gasteiger partial charge in [-0.3, -0.25) is 4.79 Å². The lowest BCUT2D eigenvalue weighted by Gasteiger charge is -2.40. The SMILES string of the molecule is Cc1cccc(N2CC(C(=O)N3CCCC3)C2)n1. The Hall–Kier alpha value is -1.58. The van der Waals surface area contributed by atoms with E-state index in [1.165, 1.54) is 12.8 Å². The smallest absolute Gasteiger partial charge is 0.229 e. The summed E-state index contributed by atoms with van der Waals surface area (Å²) in [6, 6.07) is 6.03. The van der Waals surface area contributed by atoms with Crippen LogP contribution in [-0.4, -0.2) is 42.0 Å². The van der Waals surface area contributed by atoms with Gasteiger partial charge in [-0.2, -0.15) is 0 Å². The first-order chi connectivity index (χ1) is 8.74. The van der Waals surface area contributed by atoms with E-state index in [4.69, 9.17) is 0 Å². The van der Waals surface area contributed by atoms with Gasteiger partial charge >= 0.3 is 0 Å². The third kappa shape index (κ3) is 2.07. The molecular formula is C14H19N3O. The van der Waals surface area contributed by atoms with Crippen molar-refractivity contribution in [1.29, 1.82) is 0 Å². The fraction of sp³-hybridized carbons (Fsp3) is 0.571. The standard InChI is InChI=1S/C14H19N3O/c1-11-5-4-6-13(15-11)17-9-12(10-17)14(18)16-7-2-3-8-16/h4-6,12H,2-3,7-10H2,1H3. The van der Waals surface area contributed by atoms with E-state index in [0.717, 1.165) is 37.7 Å². The summed E-state index contributed by atoms with van der Waals surface area (Å²) in [5.74, 6) is 1.53. The second-order valence-corrected chi connectivity index (χ2v) is 5.27. The van der Waals surface area contributed by atoms with Gasteiger partial charge in [0, 0.05) is 31.9 Å². The number of likely N-dealkylation sites (tertiary alicyclic amines) is 1. The number of nitrogens with zero attached hydrogens (tertiary/aromatic N) is 3. The quantitative estimate of drug-likeness (QED) is 0.791. The number of pyridine rings is 1. The third-order valence-corrected chi connectivity index (χ3v) is 3.85. The molecule has 1 aromatic heterocycles. The average molecular weight is 245 g/mol. The van der Waals surface area contributed by atoms with Gasteiger partial charge < -0.3 is 9.80 Å². The van der Waals surface area contributed by atoms with Gasteiger partial charge in [0.1, 0.15) is 5.82 Å². The van der Waals surface area contributed by atoms with Gasteiger partial charge in [-0.05, 0) is 31.9 Å². The Kier molecular flexibility index (Phi) is 2.94. The second kappa shape index (κ2) is 4.59. The van der Waals surface area contributed by atoms with Crippen LogP contribution in [0.2, 0.25) is 0 Å². The molecule has 4 nitrogen and oxygen atoms in total. The molecule has 0 atom stereocenters. The number of carbonyl (C=O) groups excluding carboxylic acids is 1. The zero-order valence-electron chi connectivity index (χ0n) is 10.8. The van der Waals surface area contributed by atoms with Crippen LogP contribution in [0.4, 0.5) is 5.82 Å². The molecule has 0 spiro atoms. The summed E-state index contributed by atoms with van der Waals surface area (Å²) in [7, 11) is 0. The predicted octanol–water partition coefficient (Wildman–Crippen LogP) is 1.45. The van der Waals surface area contributed by atoms with Crippen molar-refractivity contribution in [2.75, 3.05) is 31.1 Å². The molecule has 0 aromatic carbocycles. The highest BCUT2D eigenvalue weighted by Gasteiger charge is 2.36. The Morgan fingerprint density at radius 3 is 2.67 bits per heavy atom. The van der Waals surface area contributed by atoms with Crippen molar-refractivity contribution in [1.82, 2.24) is 9.88 Å². The first-order valence-corrected chi connectivity index (χ1v) is 6.71. The van der Waals surface area contributed by atoms with Gasteiger partial charge in [0.25, 0.3) is 0 Å². The lowest BCUT2D eigenvalue weighted by Crippen LogP contribution is -2.54. The van der Waals surface area contributed by atoms with E-state index in [2.05, 4.69) is 9.88 Å². The van der Waals surface area contributed by atoms with E-state index < -0.39 is 0 Å². The van der Waals surface area contributed by atoms with Crippen LogP contribution < -0.4 is 4.90 Å². The zero-order chi connectivity index (χ0) is 12.5. The minimum Gasteiger partial charge on any atom is -0.355 e. The molecule has 3 heterocycles. The molecule has 1 amide bonds. The van der Waals surface area contributed by atoms with E-state index >= 15 is 0 Å². The molecule has 1 aromatic rings. The predicted molar refractivity (Wildman–Crippen MR) is 70.5 cm³/mol. The first kappa shape index (κ1) is 11.5. The Labute approximate surface area is 108 Å². The molecule has 2 aliphatic heterocycles. The molecule has 4 heteroatoms. The van der Waals surface area contributed by atoms with Crippen LogP contribution in [0.1, 0.15) is 18.5 Å². The molecule has 2 aliphatic rings. The van der Waals surface area contributed by atoms with Crippen molar-refractivity contribution >= 4 is 11.7 Å². The van der Waals surface area contributed by atoms with Gasteiger partial charge in [-0.1, -0.05) is 6.07 Å². The molecule has 0 bridgehead atoms. The maximum absolute atomic E-state index is 12.2. The lowest BCUT2D eigenvalue weighted by atomic mass is 9.98. The molecular weight excluding hydrogens is 226 g/mol. The normalized spacial score (nSPS) is 20.1. The largest absolute Gasteiger partial charge is 0.355 e. The lowest BCUT2D eigenvalue weighted by molar-refractivity contribution is -0.135. The van der Waals surface area contributed by atoms with Crippen molar-refractivity contribution in [3.05, 3.63) is 23.9 Å². The number of aryl methyl sites for hydroxylation is 1. The van der Waals surface area contributed by atoms with Gasteiger partial charge in [-0.25, -0.2) is 4.98 Å². The number of hydrogen-bond donors (Lipinski definition) is 0. The molecule has 0 N–H and O–H groups in total. The molecule has 0 unspecified atom stereocenters. The molecule has 0 saturated carbocycles. The zero-order valence-corrected chi connectivity index (χ0v) is 10.8. The molecule has 3 rings (SSSR count). The summed E-state index contributed by atoms with van der Waals surface area (Å²) in [5.41, 5.74) is 1.03. The highest BCUT2D eigenvalue weighted by atomic mass is 16.2. The number of carbonyl (C=O) groups is 1. The van der Waals surface area contributed by atoms with Crippen LogP contribution in [0.3, 0.4) is 0 Å². The fourth-order valence-electron chi connectivity index (χ4n) is 2.72. The highest BCUT2D eigenvalue weighted by Crippen LogP contribution is 2.25. The van der Waals surface area contributed by atoms with Crippen LogP contribution in [0.15, 0.2) is 18.2 Å². The first-order valence-electron chi connectivity index (χ1n) is 6.71. The van der Waals surface area contributed by atoms with E-state index in [9.17, 15) is 4.79 Å². The van der Waals surface area contributed by atoms with E-state index in [-0.39, 0.29) is 5.92 Å². The summed E-state index contributed by atoms with van der Waals surface area (Å²) >= 11 is 0. The monoisotopic (exact) mass is 245 g/mol. The van der Waals surface area contributed by atoms with Crippen molar-refractivity contribution in [2.24, 2.45) is 5.92 Å². The minimum atomic E-state index is 0.186. The highest BCUT2D eigenvalue weighted by molar-refractivity contribution is 5.82. The molecule has 0 radical (unpaired) electrons. The fourth-order valence-corrected chi connectivity index (χ4v) is 2.72. The summed E-state index contributed by atoms with van der Waals surface area (Å²) in [5, 5.41) is 0. The van der Waals surface area contributed by atoms with Crippen molar-refractivity contribution in [3.8, 4) is 0 Å². The Bertz CT molecular complexity index is 448. The Balaban J connectivity index is 1.58. The van der Waals surface area contributed by atoms with Gasteiger partial charge in [0.05, 0.1) is 5.92 Å². The summed E-state index contributed by atoms with van der Waals surface area (Å²) in [6.07, 6.45) is 2.34. The van der Waals surface area contributed by atoms with Crippen molar-refractivity contribution in [2.45, 2.75) is 19.8 Å².